The smallest absolute Gasteiger partial charge is 0.197 e. The molecule has 2 fully saturated rings. The van der Waals surface area contributed by atoms with Crippen molar-refractivity contribution in [3.05, 3.63) is 41.7 Å². The molecule has 0 bridgehead atoms. The molecule has 0 atom stereocenters. The van der Waals surface area contributed by atoms with Gasteiger partial charge in [0.1, 0.15) is 11.6 Å². The fourth-order valence-corrected chi connectivity index (χ4v) is 3.30. The van der Waals surface area contributed by atoms with Crippen molar-refractivity contribution in [3.63, 3.8) is 0 Å². The van der Waals surface area contributed by atoms with Crippen LogP contribution in [0.1, 0.15) is 61.7 Å². The molecule has 0 aromatic carbocycles. The Morgan fingerprint density at radius 1 is 1.08 bits per heavy atom. The van der Waals surface area contributed by atoms with E-state index in [0.29, 0.717) is 5.92 Å². The number of oxazole rings is 1. The summed E-state index contributed by atoms with van der Waals surface area (Å²) in [6, 6.07) is 4.30. The maximum Gasteiger partial charge on any atom is 0.197 e. The van der Waals surface area contributed by atoms with E-state index in [1.165, 1.54) is 44.1 Å². The van der Waals surface area contributed by atoms with Gasteiger partial charge in [-0.3, -0.25) is 0 Å². The fraction of sp³-hybridized carbons (Fsp3) is 0.579. The van der Waals surface area contributed by atoms with E-state index in [9.17, 15) is 0 Å². The lowest BCUT2D eigenvalue weighted by atomic mass is 10.2. The van der Waals surface area contributed by atoms with Gasteiger partial charge >= 0.3 is 0 Å². The highest BCUT2D eigenvalue weighted by molar-refractivity contribution is 5.41. The summed E-state index contributed by atoms with van der Waals surface area (Å²) in [6.45, 7) is 3.81. The van der Waals surface area contributed by atoms with E-state index in [2.05, 4.69) is 32.3 Å². The van der Waals surface area contributed by atoms with Crippen LogP contribution in [0.3, 0.4) is 0 Å². The number of rotatable bonds is 6. The molecule has 2 aromatic rings. The summed E-state index contributed by atoms with van der Waals surface area (Å²) in [6.07, 6.45) is 11.5. The molecular formula is C19H26N4O. The third-order valence-electron chi connectivity index (χ3n) is 4.87. The standard InChI is InChI=1S/C19H26N4O/c1-2-4-10-23(9-3-1)18-11-15(7-8-21-18)12-20-13-17-14-22-19(24-17)16-5-6-16/h7-8,11,14,16,20H,1-6,9-10,12-13H2. The second-order valence-corrected chi connectivity index (χ2v) is 6.97. The zero-order chi connectivity index (χ0) is 16.2. The maximum absolute atomic E-state index is 5.78. The zero-order valence-electron chi connectivity index (χ0n) is 14.2. The van der Waals surface area contributed by atoms with Gasteiger partial charge in [0.25, 0.3) is 0 Å². The quantitative estimate of drug-likeness (QED) is 0.879. The number of aromatic nitrogens is 2. The van der Waals surface area contributed by atoms with Crippen LogP contribution in [0.5, 0.6) is 0 Å². The lowest BCUT2D eigenvalue weighted by Crippen LogP contribution is -2.25. The van der Waals surface area contributed by atoms with Gasteiger partial charge in [-0.2, -0.15) is 0 Å². The highest BCUT2D eigenvalue weighted by Gasteiger charge is 2.28. The number of hydrogen-bond donors (Lipinski definition) is 1. The SMILES string of the molecule is c1cc(CNCc2cnc(C3CC3)o2)cc(N2CCCCCC2)n1. The molecule has 1 saturated heterocycles. The summed E-state index contributed by atoms with van der Waals surface area (Å²) in [5.74, 6) is 3.54. The number of hydrogen-bond acceptors (Lipinski definition) is 5. The van der Waals surface area contributed by atoms with Crippen LogP contribution >= 0.6 is 0 Å². The monoisotopic (exact) mass is 326 g/mol. The summed E-state index contributed by atoms with van der Waals surface area (Å²) >= 11 is 0. The van der Waals surface area contributed by atoms with E-state index in [1.54, 1.807) is 0 Å². The molecular weight excluding hydrogens is 300 g/mol. The molecule has 3 heterocycles. The van der Waals surface area contributed by atoms with Gasteiger partial charge in [0, 0.05) is 31.7 Å². The Morgan fingerprint density at radius 3 is 2.71 bits per heavy atom. The normalized spacial score (nSPS) is 18.6. The molecule has 24 heavy (non-hydrogen) atoms. The minimum absolute atomic E-state index is 0.579. The van der Waals surface area contributed by atoms with E-state index in [0.717, 1.165) is 43.6 Å². The summed E-state index contributed by atoms with van der Waals surface area (Å²) in [5.41, 5.74) is 1.27. The average Bonchev–Trinajstić information content (AvgIpc) is 3.40. The summed E-state index contributed by atoms with van der Waals surface area (Å²) < 4.78 is 5.78. The Hall–Kier alpha value is -1.88. The van der Waals surface area contributed by atoms with Crippen LogP contribution < -0.4 is 10.2 Å². The Balaban J connectivity index is 1.31. The van der Waals surface area contributed by atoms with Crippen molar-refractivity contribution in [2.75, 3.05) is 18.0 Å². The van der Waals surface area contributed by atoms with Gasteiger partial charge < -0.3 is 14.6 Å². The first kappa shape index (κ1) is 15.6. The van der Waals surface area contributed by atoms with Crippen LogP contribution in [0, 0.1) is 0 Å². The largest absolute Gasteiger partial charge is 0.444 e. The van der Waals surface area contributed by atoms with Gasteiger partial charge in [-0.1, -0.05) is 12.8 Å². The highest BCUT2D eigenvalue weighted by Crippen LogP contribution is 2.39. The number of nitrogens with one attached hydrogen (secondary N) is 1. The van der Waals surface area contributed by atoms with Crippen molar-refractivity contribution < 1.29 is 4.42 Å². The fourth-order valence-electron chi connectivity index (χ4n) is 3.30. The molecule has 128 valence electrons. The van der Waals surface area contributed by atoms with E-state index in [4.69, 9.17) is 4.42 Å². The third kappa shape index (κ3) is 3.96. The molecule has 1 saturated carbocycles. The van der Waals surface area contributed by atoms with Crippen molar-refractivity contribution in [1.29, 1.82) is 0 Å². The first-order chi connectivity index (χ1) is 11.9. The van der Waals surface area contributed by atoms with Crippen LogP contribution in [0.4, 0.5) is 5.82 Å². The van der Waals surface area contributed by atoms with Crippen molar-refractivity contribution in [1.82, 2.24) is 15.3 Å². The van der Waals surface area contributed by atoms with E-state index >= 15 is 0 Å². The van der Waals surface area contributed by atoms with Gasteiger partial charge in [0.05, 0.1) is 12.7 Å². The number of nitrogens with zero attached hydrogens (tertiary/aromatic N) is 3. The number of pyridine rings is 1. The van der Waals surface area contributed by atoms with Gasteiger partial charge in [-0.25, -0.2) is 9.97 Å². The molecule has 0 unspecified atom stereocenters. The Morgan fingerprint density at radius 2 is 1.92 bits per heavy atom. The van der Waals surface area contributed by atoms with Crippen LogP contribution in [-0.2, 0) is 13.1 Å². The summed E-state index contributed by atoms with van der Waals surface area (Å²) in [5, 5.41) is 3.45. The molecule has 0 spiro atoms. The molecule has 1 N–H and O–H groups in total. The topological polar surface area (TPSA) is 54.2 Å². The minimum atomic E-state index is 0.579. The van der Waals surface area contributed by atoms with Gasteiger partial charge in [-0.05, 0) is 43.4 Å². The van der Waals surface area contributed by atoms with Crippen molar-refractivity contribution in [3.8, 4) is 0 Å². The second kappa shape index (κ2) is 7.34. The molecule has 4 rings (SSSR count). The Kier molecular flexibility index (Phi) is 4.78. The van der Waals surface area contributed by atoms with Crippen molar-refractivity contribution in [2.45, 2.75) is 57.5 Å². The molecule has 1 aliphatic carbocycles. The average molecular weight is 326 g/mol. The molecule has 2 aliphatic rings. The molecule has 5 nitrogen and oxygen atoms in total. The first-order valence-electron chi connectivity index (χ1n) is 9.24. The Labute approximate surface area is 143 Å². The third-order valence-corrected chi connectivity index (χ3v) is 4.87. The van der Waals surface area contributed by atoms with Gasteiger partial charge in [-0.15, -0.1) is 0 Å². The van der Waals surface area contributed by atoms with Crippen molar-refractivity contribution >= 4 is 5.82 Å². The predicted octanol–water partition coefficient (Wildman–Crippen LogP) is 3.62. The summed E-state index contributed by atoms with van der Waals surface area (Å²) in [7, 11) is 0. The van der Waals surface area contributed by atoms with Gasteiger partial charge in [0.15, 0.2) is 5.89 Å². The lowest BCUT2D eigenvalue weighted by molar-refractivity contribution is 0.440. The first-order valence-corrected chi connectivity index (χ1v) is 9.24. The zero-order valence-corrected chi connectivity index (χ0v) is 14.2. The molecule has 0 radical (unpaired) electrons. The molecule has 2 aromatic heterocycles. The maximum atomic E-state index is 5.78. The van der Waals surface area contributed by atoms with Crippen LogP contribution in [-0.4, -0.2) is 23.1 Å². The lowest BCUT2D eigenvalue weighted by Gasteiger charge is -2.21. The predicted molar refractivity (Wildman–Crippen MR) is 93.9 cm³/mol. The van der Waals surface area contributed by atoms with Crippen molar-refractivity contribution in [2.24, 2.45) is 0 Å². The summed E-state index contributed by atoms with van der Waals surface area (Å²) in [4.78, 5) is 11.4. The highest BCUT2D eigenvalue weighted by atomic mass is 16.4. The Bertz CT molecular complexity index is 657. The van der Waals surface area contributed by atoms with Crippen LogP contribution in [0.2, 0.25) is 0 Å². The van der Waals surface area contributed by atoms with E-state index in [-0.39, 0.29) is 0 Å². The van der Waals surface area contributed by atoms with Crippen LogP contribution in [0.25, 0.3) is 0 Å². The van der Waals surface area contributed by atoms with Gasteiger partial charge in [0.2, 0.25) is 0 Å². The molecule has 0 amide bonds. The van der Waals surface area contributed by atoms with Crippen LogP contribution in [0.15, 0.2) is 28.9 Å². The molecule has 5 heteroatoms. The van der Waals surface area contributed by atoms with E-state index in [1.807, 2.05) is 12.4 Å². The minimum Gasteiger partial charge on any atom is -0.444 e. The van der Waals surface area contributed by atoms with E-state index < -0.39 is 0 Å². The number of anilines is 1. The second-order valence-electron chi connectivity index (χ2n) is 6.97. The molecule has 1 aliphatic heterocycles.